The number of aryl methyl sites for hydroxylation is 2. The zero-order valence-corrected chi connectivity index (χ0v) is 13.9. The Labute approximate surface area is 146 Å². The molecule has 0 aliphatic heterocycles. The summed E-state index contributed by atoms with van der Waals surface area (Å²) in [5.74, 6) is -0.263. The molecule has 0 saturated heterocycles. The zero-order chi connectivity index (χ0) is 18.1. The number of carbonyl (C=O) groups is 2. The smallest absolute Gasteiger partial charge is 0.276 e. The Kier molecular flexibility index (Phi) is 6.55. The van der Waals surface area contributed by atoms with Crippen LogP contribution in [0.15, 0.2) is 48.5 Å². The van der Waals surface area contributed by atoms with Crippen LogP contribution in [0.1, 0.15) is 23.1 Å². The monoisotopic (exact) mass is 337 g/mol. The van der Waals surface area contributed by atoms with Gasteiger partial charge in [0.25, 0.3) is 5.91 Å². The molecule has 0 radical (unpaired) electrons. The van der Waals surface area contributed by atoms with Gasteiger partial charge in [0.05, 0.1) is 11.6 Å². The second kappa shape index (κ2) is 9.08. The third-order valence-corrected chi connectivity index (χ3v) is 3.42. The first-order valence-corrected chi connectivity index (χ1v) is 7.83. The molecule has 0 heterocycles. The fourth-order valence-electron chi connectivity index (χ4n) is 2.14. The number of nitrogens with zero attached hydrogens (tertiary/aromatic N) is 1. The number of rotatable bonds is 6. The first-order valence-electron chi connectivity index (χ1n) is 7.83. The van der Waals surface area contributed by atoms with Crippen molar-refractivity contribution in [1.29, 1.82) is 5.26 Å². The van der Waals surface area contributed by atoms with Crippen molar-refractivity contribution in [3.8, 4) is 11.8 Å². The van der Waals surface area contributed by atoms with Crippen LogP contribution in [0.5, 0.6) is 5.75 Å². The molecule has 0 aliphatic rings. The largest absolute Gasteiger partial charge is 0.484 e. The lowest BCUT2D eigenvalue weighted by atomic mass is 10.1. The number of ether oxygens (including phenoxy) is 1. The highest BCUT2D eigenvalue weighted by Gasteiger charge is 2.06. The van der Waals surface area contributed by atoms with Gasteiger partial charge in [0.1, 0.15) is 5.75 Å². The van der Waals surface area contributed by atoms with E-state index in [1.807, 2.05) is 37.3 Å². The number of benzene rings is 2. The summed E-state index contributed by atoms with van der Waals surface area (Å²) < 4.78 is 5.27. The van der Waals surface area contributed by atoms with Crippen molar-refractivity contribution in [2.45, 2.75) is 19.8 Å². The molecule has 2 rings (SSSR count). The second-order valence-electron chi connectivity index (χ2n) is 5.51. The average Bonchev–Trinajstić information content (AvgIpc) is 2.63. The van der Waals surface area contributed by atoms with Crippen LogP contribution in [0.2, 0.25) is 0 Å². The van der Waals surface area contributed by atoms with Crippen LogP contribution >= 0.6 is 0 Å². The molecule has 0 saturated carbocycles. The Hall–Kier alpha value is -3.33. The summed E-state index contributed by atoms with van der Waals surface area (Å²) in [5.41, 5.74) is 7.40. The summed E-state index contributed by atoms with van der Waals surface area (Å²) in [5, 5.41) is 8.70. The molecule has 6 heteroatoms. The lowest BCUT2D eigenvalue weighted by Gasteiger charge is -2.09. The number of nitriles is 1. The lowest BCUT2D eigenvalue weighted by molar-refractivity contribution is -0.130. The van der Waals surface area contributed by atoms with Crippen molar-refractivity contribution in [2.75, 3.05) is 6.61 Å². The number of amides is 2. The van der Waals surface area contributed by atoms with Gasteiger partial charge in [-0.3, -0.25) is 20.4 Å². The molecule has 0 atom stereocenters. The summed E-state index contributed by atoms with van der Waals surface area (Å²) in [7, 11) is 0. The van der Waals surface area contributed by atoms with E-state index in [-0.39, 0.29) is 18.9 Å². The van der Waals surface area contributed by atoms with Gasteiger partial charge in [-0.15, -0.1) is 0 Å². The highest BCUT2D eigenvalue weighted by molar-refractivity contribution is 5.82. The van der Waals surface area contributed by atoms with Crippen LogP contribution in [0, 0.1) is 18.3 Å². The van der Waals surface area contributed by atoms with E-state index in [0.29, 0.717) is 17.7 Å². The van der Waals surface area contributed by atoms with Gasteiger partial charge in [-0.25, -0.2) is 0 Å². The molecule has 2 aromatic rings. The highest BCUT2D eigenvalue weighted by Crippen LogP contribution is 2.11. The summed E-state index contributed by atoms with van der Waals surface area (Å²) in [6.45, 7) is 1.77. The van der Waals surface area contributed by atoms with Gasteiger partial charge in [0, 0.05) is 6.42 Å². The molecule has 128 valence electrons. The van der Waals surface area contributed by atoms with Gasteiger partial charge >= 0.3 is 0 Å². The normalized spacial score (nSPS) is 9.76. The second-order valence-corrected chi connectivity index (χ2v) is 5.51. The first kappa shape index (κ1) is 18.0. The van der Waals surface area contributed by atoms with E-state index in [0.717, 1.165) is 11.1 Å². The number of nitrogens with one attached hydrogen (secondary N) is 2. The fraction of sp³-hybridized carbons (Fsp3) is 0.211. The molecule has 2 N–H and O–H groups in total. The fourth-order valence-corrected chi connectivity index (χ4v) is 2.14. The third kappa shape index (κ3) is 6.36. The van der Waals surface area contributed by atoms with Crippen molar-refractivity contribution in [3.63, 3.8) is 0 Å². The molecule has 0 spiro atoms. The Morgan fingerprint density at radius 3 is 2.48 bits per heavy atom. The molecular formula is C19H19N3O3. The predicted octanol–water partition coefficient (Wildman–Crippen LogP) is 2.03. The maximum atomic E-state index is 11.8. The van der Waals surface area contributed by atoms with Crippen molar-refractivity contribution < 1.29 is 14.3 Å². The zero-order valence-electron chi connectivity index (χ0n) is 13.9. The summed E-state index contributed by atoms with van der Waals surface area (Å²) in [4.78, 5) is 23.4. The van der Waals surface area contributed by atoms with Gasteiger partial charge in [0.2, 0.25) is 5.91 Å². The summed E-state index contributed by atoms with van der Waals surface area (Å²) in [6, 6.07) is 16.3. The van der Waals surface area contributed by atoms with Crippen LogP contribution in [0.4, 0.5) is 0 Å². The molecule has 2 aromatic carbocycles. The quantitative estimate of drug-likeness (QED) is 0.789. The van der Waals surface area contributed by atoms with Gasteiger partial charge in [-0.05, 0) is 43.2 Å². The van der Waals surface area contributed by atoms with E-state index in [9.17, 15) is 9.59 Å². The minimum absolute atomic E-state index is 0.232. The summed E-state index contributed by atoms with van der Waals surface area (Å²) >= 11 is 0. The molecule has 2 amide bonds. The highest BCUT2D eigenvalue weighted by atomic mass is 16.5. The van der Waals surface area contributed by atoms with E-state index in [1.54, 1.807) is 24.3 Å². The molecule has 0 fully saturated rings. The standard InChI is InChI=1S/C19H19N3O3/c1-14-3-2-4-15(11-14)7-10-18(23)21-22-19(24)13-25-17-8-5-16(12-20)6-9-17/h2-6,8-9,11H,7,10,13H2,1H3,(H,21,23)(H,22,24). The topological polar surface area (TPSA) is 91.2 Å². The number of hydrogen-bond acceptors (Lipinski definition) is 4. The minimum atomic E-state index is -0.465. The molecule has 6 nitrogen and oxygen atoms in total. The number of hydrazine groups is 1. The van der Waals surface area contributed by atoms with E-state index >= 15 is 0 Å². The maximum absolute atomic E-state index is 11.8. The van der Waals surface area contributed by atoms with Crippen LogP contribution < -0.4 is 15.6 Å². The van der Waals surface area contributed by atoms with E-state index in [2.05, 4.69) is 10.9 Å². The van der Waals surface area contributed by atoms with Gasteiger partial charge in [-0.1, -0.05) is 29.8 Å². The van der Waals surface area contributed by atoms with Gasteiger partial charge in [-0.2, -0.15) is 5.26 Å². The first-order chi connectivity index (χ1) is 12.1. The third-order valence-electron chi connectivity index (χ3n) is 3.42. The molecule has 25 heavy (non-hydrogen) atoms. The predicted molar refractivity (Wildman–Crippen MR) is 92.4 cm³/mol. The average molecular weight is 337 g/mol. The van der Waals surface area contributed by atoms with Crippen molar-refractivity contribution in [3.05, 3.63) is 65.2 Å². The maximum Gasteiger partial charge on any atom is 0.276 e. The van der Waals surface area contributed by atoms with Crippen molar-refractivity contribution in [1.82, 2.24) is 10.9 Å². The van der Waals surface area contributed by atoms with Gasteiger partial charge in [0.15, 0.2) is 6.61 Å². The van der Waals surface area contributed by atoms with Crippen LogP contribution in [0.3, 0.4) is 0 Å². The van der Waals surface area contributed by atoms with Crippen molar-refractivity contribution in [2.24, 2.45) is 0 Å². The Balaban J connectivity index is 1.66. The molecule has 0 bridgehead atoms. The van der Waals surface area contributed by atoms with E-state index in [1.165, 1.54) is 0 Å². The molecule has 0 unspecified atom stereocenters. The minimum Gasteiger partial charge on any atom is -0.484 e. The Bertz CT molecular complexity index is 779. The van der Waals surface area contributed by atoms with Crippen molar-refractivity contribution >= 4 is 11.8 Å². The molecular weight excluding hydrogens is 318 g/mol. The number of hydrogen-bond donors (Lipinski definition) is 2. The van der Waals surface area contributed by atoms with Crippen LogP contribution in [-0.2, 0) is 16.0 Å². The summed E-state index contributed by atoms with van der Waals surface area (Å²) in [6.07, 6.45) is 0.880. The Morgan fingerprint density at radius 1 is 1.08 bits per heavy atom. The SMILES string of the molecule is Cc1cccc(CCC(=O)NNC(=O)COc2ccc(C#N)cc2)c1. The number of carbonyl (C=O) groups excluding carboxylic acids is 2. The lowest BCUT2D eigenvalue weighted by Crippen LogP contribution is -2.43. The van der Waals surface area contributed by atoms with Crippen LogP contribution in [-0.4, -0.2) is 18.4 Å². The van der Waals surface area contributed by atoms with E-state index in [4.69, 9.17) is 10.00 Å². The Morgan fingerprint density at radius 2 is 1.80 bits per heavy atom. The molecule has 0 aliphatic carbocycles. The van der Waals surface area contributed by atoms with E-state index < -0.39 is 5.91 Å². The van der Waals surface area contributed by atoms with Gasteiger partial charge < -0.3 is 4.74 Å². The molecule has 0 aromatic heterocycles. The van der Waals surface area contributed by atoms with Crippen LogP contribution in [0.25, 0.3) is 0 Å².